The van der Waals surface area contributed by atoms with Crippen molar-refractivity contribution in [1.82, 2.24) is 24.5 Å². The van der Waals surface area contributed by atoms with E-state index >= 15 is 0 Å². The zero-order chi connectivity index (χ0) is 23.0. The molecule has 170 valence electrons. The lowest BCUT2D eigenvalue weighted by molar-refractivity contribution is -0.117. The van der Waals surface area contributed by atoms with Gasteiger partial charge in [-0.15, -0.1) is 0 Å². The molecule has 1 aromatic carbocycles. The number of anilines is 1. The molecule has 7 rings (SSSR count). The monoisotopic (exact) mass is 452 g/mol. The van der Waals surface area contributed by atoms with Crippen LogP contribution in [0.4, 0.5) is 5.69 Å². The van der Waals surface area contributed by atoms with Gasteiger partial charge in [0.1, 0.15) is 0 Å². The summed E-state index contributed by atoms with van der Waals surface area (Å²) in [6.07, 6.45) is 8.51. The number of nitrogens with zero attached hydrogens (tertiary/aromatic N) is 6. The molecule has 0 unspecified atom stereocenters. The summed E-state index contributed by atoms with van der Waals surface area (Å²) in [6.45, 7) is 0.652. The molecule has 4 heterocycles. The minimum atomic E-state index is -0.238. The Morgan fingerprint density at radius 1 is 1.03 bits per heavy atom. The van der Waals surface area contributed by atoms with Gasteiger partial charge < -0.3 is 4.90 Å². The van der Waals surface area contributed by atoms with E-state index in [4.69, 9.17) is 5.10 Å². The van der Waals surface area contributed by atoms with Crippen molar-refractivity contribution in [3.8, 4) is 16.8 Å². The summed E-state index contributed by atoms with van der Waals surface area (Å²) in [7, 11) is 1.87. The summed E-state index contributed by atoms with van der Waals surface area (Å²) >= 11 is 0. The molecular formula is C26H24N6O2. The topological polar surface area (TPSA) is 85.9 Å². The van der Waals surface area contributed by atoms with Crippen LogP contribution in [0.5, 0.6) is 0 Å². The van der Waals surface area contributed by atoms with Crippen LogP contribution in [0.3, 0.4) is 0 Å². The van der Waals surface area contributed by atoms with E-state index in [0.29, 0.717) is 41.0 Å². The molecular weight excluding hydrogens is 428 g/mol. The molecule has 3 aliphatic rings. The van der Waals surface area contributed by atoms with E-state index in [0.717, 1.165) is 35.0 Å². The molecule has 3 aromatic heterocycles. The highest BCUT2D eigenvalue weighted by atomic mass is 16.2. The number of aryl methyl sites for hydroxylation is 1. The molecule has 1 aliphatic heterocycles. The number of amides is 1. The lowest BCUT2D eigenvalue weighted by Gasteiger charge is -2.20. The third-order valence-electron chi connectivity index (χ3n) is 7.08. The average Bonchev–Trinajstić information content (AvgIpc) is 3.75. The molecule has 0 atom stereocenters. The zero-order valence-corrected chi connectivity index (χ0v) is 18.9. The normalized spacial score (nSPS) is 17.6. The van der Waals surface area contributed by atoms with Crippen molar-refractivity contribution < 1.29 is 4.79 Å². The third kappa shape index (κ3) is 3.16. The second kappa shape index (κ2) is 7.09. The summed E-state index contributed by atoms with van der Waals surface area (Å²) in [5.74, 6) is 1.06. The summed E-state index contributed by atoms with van der Waals surface area (Å²) < 4.78 is 3.18. The highest BCUT2D eigenvalue weighted by Gasteiger charge is 2.38. The number of aromatic nitrogens is 5. The molecule has 0 radical (unpaired) electrons. The summed E-state index contributed by atoms with van der Waals surface area (Å²) in [5, 5.41) is 10.1. The van der Waals surface area contributed by atoms with E-state index in [1.807, 2.05) is 43.6 Å². The van der Waals surface area contributed by atoms with Gasteiger partial charge in [-0.05, 0) is 55.9 Å². The molecule has 4 aromatic rings. The molecule has 0 saturated heterocycles. The molecule has 1 amide bonds. The Bertz CT molecular complexity index is 1530. The van der Waals surface area contributed by atoms with Crippen LogP contribution in [0.25, 0.3) is 27.7 Å². The fourth-order valence-electron chi connectivity index (χ4n) is 4.97. The standard InChI is InChI=1S/C26H24N6O2/c1-30-14-18-10-19(7-9-21(18)28-30)32-26(34)24(17-6-8-20(27-12-17)16-4-5-16)25-22(29-32)11-23(33)31(25)13-15-2-3-15/h6-10,12,14-16H,2-5,11,13H2,1H3. The van der Waals surface area contributed by atoms with Crippen molar-refractivity contribution >= 4 is 22.5 Å². The van der Waals surface area contributed by atoms with Crippen LogP contribution in [0.15, 0.2) is 47.5 Å². The quantitative estimate of drug-likeness (QED) is 0.464. The number of benzene rings is 1. The lowest BCUT2D eigenvalue weighted by atomic mass is 10.1. The third-order valence-corrected chi connectivity index (χ3v) is 7.08. The van der Waals surface area contributed by atoms with E-state index in [-0.39, 0.29) is 17.9 Å². The second-order valence-electron chi connectivity index (χ2n) is 9.80. The molecule has 8 nitrogen and oxygen atoms in total. The molecule has 0 spiro atoms. The van der Waals surface area contributed by atoms with Gasteiger partial charge in [0.15, 0.2) is 0 Å². The van der Waals surface area contributed by atoms with Gasteiger partial charge in [0, 0.05) is 48.5 Å². The number of rotatable bonds is 5. The van der Waals surface area contributed by atoms with Crippen LogP contribution in [0.1, 0.15) is 43.0 Å². The van der Waals surface area contributed by atoms with Gasteiger partial charge in [-0.25, -0.2) is 0 Å². The first-order valence-corrected chi connectivity index (χ1v) is 11.9. The predicted octanol–water partition coefficient (Wildman–Crippen LogP) is 3.36. The van der Waals surface area contributed by atoms with E-state index in [1.54, 1.807) is 15.8 Å². The number of pyridine rings is 1. The maximum Gasteiger partial charge on any atom is 0.281 e. The SMILES string of the molecule is Cn1cc2cc(-n3nc4c(c(-c5ccc(C6CC6)nc5)c3=O)N(CC3CC3)C(=O)C4)ccc2n1. The first kappa shape index (κ1) is 19.6. The van der Waals surface area contributed by atoms with Crippen LogP contribution in [-0.2, 0) is 18.3 Å². The Kier molecular flexibility index (Phi) is 4.10. The Morgan fingerprint density at radius 3 is 2.62 bits per heavy atom. The van der Waals surface area contributed by atoms with E-state index < -0.39 is 0 Å². The largest absolute Gasteiger partial charge is 0.309 e. The molecule has 0 N–H and O–H groups in total. The van der Waals surface area contributed by atoms with Gasteiger partial charge >= 0.3 is 0 Å². The van der Waals surface area contributed by atoms with Crippen molar-refractivity contribution in [2.75, 3.05) is 11.4 Å². The van der Waals surface area contributed by atoms with Crippen molar-refractivity contribution in [3.63, 3.8) is 0 Å². The van der Waals surface area contributed by atoms with E-state index in [2.05, 4.69) is 10.1 Å². The van der Waals surface area contributed by atoms with E-state index in [9.17, 15) is 9.59 Å². The Hall–Kier alpha value is -3.81. The van der Waals surface area contributed by atoms with Crippen LogP contribution in [0, 0.1) is 5.92 Å². The Morgan fingerprint density at radius 2 is 1.88 bits per heavy atom. The highest BCUT2D eigenvalue weighted by molar-refractivity contribution is 6.05. The van der Waals surface area contributed by atoms with Crippen LogP contribution < -0.4 is 10.5 Å². The van der Waals surface area contributed by atoms with E-state index in [1.165, 1.54) is 17.5 Å². The fraction of sp³-hybridized carbons (Fsp3) is 0.346. The maximum absolute atomic E-state index is 14.0. The molecule has 8 heteroatoms. The molecule has 34 heavy (non-hydrogen) atoms. The number of fused-ring (bicyclic) bond motifs is 2. The minimum absolute atomic E-state index is 0.0121. The van der Waals surface area contributed by atoms with Crippen molar-refractivity contribution in [2.45, 2.75) is 38.0 Å². The van der Waals surface area contributed by atoms with Gasteiger partial charge in [-0.1, -0.05) is 6.07 Å². The van der Waals surface area contributed by atoms with Crippen LogP contribution >= 0.6 is 0 Å². The first-order chi connectivity index (χ1) is 16.5. The fourth-order valence-corrected chi connectivity index (χ4v) is 4.97. The number of carbonyl (C=O) groups is 1. The van der Waals surface area contributed by atoms with Crippen molar-refractivity contribution in [1.29, 1.82) is 0 Å². The molecule has 2 fully saturated rings. The second-order valence-corrected chi connectivity index (χ2v) is 9.80. The molecule has 0 bridgehead atoms. The molecule has 2 aliphatic carbocycles. The average molecular weight is 453 g/mol. The maximum atomic E-state index is 14.0. The van der Waals surface area contributed by atoms with Gasteiger partial charge in [-0.3, -0.25) is 19.3 Å². The number of hydrogen-bond donors (Lipinski definition) is 0. The van der Waals surface area contributed by atoms with Crippen LogP contribution in [-0.4, -0.2) is 37.0 Å². The molecule has 2 saturated carbocycles. The van der Waals surface area contributed by atoms with Crippen molar-refractivity contribution in [3.05, 3.63) is 64.5 Å². The number of hydrogen-bond acceptors (Lipinski definition) is 5. The minimum Gasteiger partial charge on any atom is -0.309 e. The van der Waals surface area contributed by atoms with Gasteiger partial charge in [-0.2, -0.15) is 14.9 Å². The van der Waals surface area contributed by atoms with Gasteiger partial charge in [0.05, 0.1) is 34.6 Å². The van der Waals surface area contributed by atoms with Gasteiger partial charge in [0.2, 0.25) is 5.91 Å². The smallest absolute Gasteiger partial charge is 0.281 e. The van der Waals surface area contributed by atoms with Crippen LogP contribution in [0.2, 0.25) is 0 Å². The Labute approximate surface area is 195 Å². The number of carbonyl (C=O) groups excluding carboxylic acids is 1. The first-order valence-electron chi connectivity index (χ1n) is 11.9. The van der Waals surface area contributed by atoms with Crippen molar-refractivity contribution in [2.24, 2.45) is 13.0 Å². The Balaban J connectivity index is 1.43. The lowest BCUT2D eigenvalue weighted by Crippen LogP contribution is -2.31. The van der Waals surface area contributed by atoms with Gasteiger partial charge in [0.25, 0.3) is 5.56 Å². The predicted molar refractivity (Wildman–Crippen MR) is 128 cm³/mol. The summed E-state index contributed by atoms with van der Waals surface area (Å²) in [5.41, 5.74) is 4.91. The summed E-state index contributed by atoms with van der Waals surface area (Å²) in [4.78, 5) is 33.4. The summed E-state index contributed by atoms with van der Waals surface area (Å²) in [6, 6.07) is 9.66. The highest BCUT2D eigenvalue weighted by Crippen LogP contribution is 2.41. The zero-order valence-electron chi connectivity index (χ0n) is 18.9.